The van der Waals surface area contributed by atoms with Gasteiger partial charge in [0.2, 0.25) is 10.0 Å². The topological polar surface area (TPSA) is 93.1 Å². The number of amides is 1. The van der Waals surface area contributed by atoms with Crippen LogP contribution in [0.4, 0.5) is 5.69 Å². The fraction of sp³-hybridized carbons (Fsp3) is 0.143. The molecule has 2 heterocycles. The smallest absolute Gasteiger partial charge is 0.265 e. The third-order valence-electron chi connectivity index (χ3n) is 4.77. The second-order valence-corrected chi connectivity index (χ2v) is 9.69. The Morgan fingerprint density at radius 3 is 2.50 bits per heavy atom. The van der Waals surface area contributed by atoms with Crippen molar-refractivity contribution in [3.05, 3.63) is 70.7 Å². The Kier molecular flexibility index (Phi) is 5.19. The molecule has 4 rings (SSSR count). The van der Waals surface area contributed by atoms with Crippen LogP contribution in [0.3, 0.4) is 0 Å². The first kappa shape index (κ1) is 20.3. The number of hydrogen-bond donors (Lipinski definition) is 2. The molecular weight excluding hydrogens is 420 g/mol. The van der Waals surface area contributed by atoms with E-state index in [4.69, 9.17) is 0 Å². The molecule has 0 radical (unpaired) electrons. The highest BCUT2D eigenvalue weighted by Gasteiger charge is 2.19. The van der Waals surface area contributed by atoms with Gasteiger partial charge in [-0.15, -0.1) is 11.3 Å². The van der Waals surface area contributed by atoms with Gasteiger partial charge in [-0.05, 0) is 56.8 Å². The minimum atomic E-state index is -3.62. The number of nitrogens with one attached hydrogen (secondary N) is 2. The molecule has 30 heavy (non-hydrogen) atoms. The Bertz CT molecular complexity index is 1360. The molecule has 0 aliphatic carbocycles. The van der Waals surface area contributed by atoms with Crippen molar-refractivity contribution in [2.24, 2.45) is 0 Å². The molecule has 0 aliphatic rings. The fourth-order valence-corrected chi connectivity index (χ4v) is 5.25. The molecule has 2 N–H and O–H groups in total. The van der Waals surface area contributed by atoms with E-state index in [2.05, 4.69) is 15.1 Å². The molecule has 1 amide bonds. The monoisotopic (exact) mass is 440 g/mol. The lowest BCUT2D eigenvalue weighted by molar-refractivity contribution is 0.103. The van der Waals surface area contributed by atoms with Crippen LogP contribution in [0.2, 0.25) is 0 Å². The number of thiophene rings is 1. The van der Waals surface area contributed by atoms with Crippen molar-refractivity contribution in [2.75, 3.05) is 12.4 Å². The summed E-state index contributed by atoms with van der Waals surface area (Å²) in [7, 11) is -2.26. The molecule has 2 aromatic heterocycles. The lowest BCUT2D eigenvalue weighted by Gasteiger charge is -2.10. The van der Waals surface area contributed by atoms with Gasteiger partial charge in [0, 0.05) is 11.1 Å². The third-order valence-corrected chi connectivity index (χ3v) is 7.44. The Hall–Kier alpha value is -3.01. The van der Waals surface area contributed by atoms with Crippen molar-refractivity contribution < 1.29 is 13.2 Å². The van der Waals surface area contributed by atoms with E-state index in [0.717, 1.165) is 21.6 Å². The van der Waals surface area contributed by atoms with Gasteiger partial charge in [0.15, 0.2) is 0 Å². The van der Waals surface area contributed by atoms with E-state index in [9.17, 15) is 13.2 Å². The van der Waals surface area contributed by atoms with E-state index in [0.29, 0.717) is 16.1 Å². The van der Waals surface area contributed by atoms with Gasteiger partial charge in [-0.3, -0.25) is 4.79 Å². The fourth-order valence-electron chi connectivity index (χ4n) is 3.17. The predicted octanol–water partition coefficient (Wildman–Crippen LogP) is 3.86. The van der Waals surface area contributed by atoms with Crippen LogP contribution < -0.4 is 10.0 Å². The van der Waals surface area contributed by atoms with Crippen molar-refractivity contribution in [1.82, 2.24) is 14.5 Å². The Balaban J connectivity index is 1.67. The summed E-state index contributed by atoms with van der Waals surface area (Å²) in [5.41, 5.74) is 2.77. The number of rotatable bonds is 5. The molecule has 0 unspecified atom stereocenters. The predicted molar refractivity (Wildman–Crippen MR) is 119 cm³/mol. The summed E-state index contributed by atoms with van der Waals surface area (Å²) >= 11 is 1.34. The third kappa shape index (κ3) is 3.62. The van der Waals surface area contributed by atoms with Crippen LogP contribution in [0.1, 0.15) is 20.9 Å². The average molecular weight is 441 g/mol. The first-order valence-electron chi connectivity index (χ1n) is 9.20. The molecule has 7 nitrogen and oxygen atoms in total. The highest BCUT2D eigenvalue weighted by Crippen LogP contribution is 2.31. The average Bonchev–Trinajstić information content (AvgIpc) is 3.31. The molecule has 9 heteroatoms. The van der Waals surface area contributed by atoms with E-state index in [1.165, 1.54) is 24.5 Å². The Morgan fingerprint density at radius 1 is 1.07 bits per heavy atom. The number of carbonyl (C=O) groups is 1. The molecule has 0 bridgehead atoms. The van der Waals surface area contributed by atoms with E-state index in [1.54, 1.807) is 19.1 Å². The van der Waals surface area contributed by atoms with Crippen LogP contribution in [-0.2, 0) is 10.0 Å². The van der Waals surface area contributed by atoms with E-state index in [1.807, 2.05) is 48.0 Å². The lowest BCUT2D eigenvalue weighted by atomic mass is 10.2. The van der Waals surface area contributed by atoms with Crippen LogP contribution in [0.15, 0.2) is 59.5 Å². The maximum Gasteiger partial charge on any atom is 0.265 e. The number of sulfonamides is 1. The molecule has 0 saturated heterocycles. The number of carbonyl (C=O) groups excluding carboxylic acids is 1. The molecule has 0 atom stereocenters. The van der Waals surface area contributed by atoms with Gasteiger partial charge >= 0.3 is 0 Å². The van der Waals surface area contributed by atoms with Gasteiger partial charge in [-0.1, -0.05) is 24.3 Å². The van der Waals surface area contributed by atoms with Crippen LogP contribution in [0, 0.1) is 13.8 Å². The van der Waals surface area contributed by atoms with Crippen molar-refractivity contribution >= 4 is 43.2 Å². The van der Waals surface area contributed by atoms with Crippen LogP contribution in [0.25, 0.3) is 15.9 Å². The Morgan fingerprint density at radius 2 is 1.80 bits per heavy atom. The Labute approximate surface area is 178 Å². The van der Waals surface area contributed by atoms with Crippen molar-refractivity contribution in [2.45, 2.75) is 18.7 Å². The van der Waals surface area contributed by atoms with Gasteiger partial charge < -0.3 is 5.32 Å². The maximum absolute atomic E-state index is 12.9. The summed E-state index contributed by atoms with van der Waals surface area (Å²) in [6.45, 7) is 3.62. The molecule has 2 aromatic carbocycles. The first-order chi connectivity index (χ1) is 14.3. The number of aromatic nitrogens is 2. The highest BCUT2D eigenvalue weighted by atomic mass is 32.2. The van der Waals surface area contributed by atoms with Gasteiger partial charge in [-0.25, -0.2) is 17.8 Å². The number of nitrogens with zero attached hydrogens (tertiary/aromatic N) is 2. The summed E-state index contributed by atoms with van der Waals surface area (Å²) in [6.07, 6.45) is 0. The van der Waals surface area contributed by atoms with E-state index >= 15 is 0 Å². The number of anilines is 1. The van der Waals surface area contributed by atoms with Gasteiger partial charge in [0.1, 0.15) is 4.83 Å². The van der Waals surface area contributed by atoms with Crippen LogP contribution >= 0.6 is 11.3 Å². The zero-order valence-corrected chi connectivity index (χ0v) is 18.3. The number of fused-ring (bicyclic) bond motifs is 1. The standard InChI is InChI=1S/C21H20N4O3S2/c1-13-9-10-15(11-19(13)30(27,28)22-3)23-20(26)18-12-17-14(2)24-25(21(17)29-18)16-7-5-4-6-8-16/h4-12,22H,1-3H3,(H,23,26). The number of benzene rings is 2. The SMILES string of the molecule is CNS(=O)(=O)c1cc(NC(=O)c2cc3c(C)nn(-c4ccccc4)c3s2)ccc1C. The van der Waals surface area contributed by atoms with Crippen molar-refractivity contribution in [1.29, 1.82) is 0 Å². The lowest BCUT2D eigenvalue weighted by Crippen LogP contribution is -2.20. The minimum Gasteiger partial charge on any atom is -0.321 e. The molecule has 154 valence electrons. The number of hydrogen-bond acceptors (Lipinski definition) is 5. The van der Waals surface area contributed by atoms with Crippen molar-refractivity contribution in [3.63, 3.8) is 0 Å². The summed E-state index contributed by atoms with van der Waals surface area (Å²) in [6, 6.07) is 16.4. The largest absolute Gasteiger partial charge is 0.321 e. The molecule has 0 fully saturated rings. The molecule has 4 aromatic rings. The first-order valence-corrected chi connectivity index (χ1v) is 11.5. The summed E-state index contributed by atoms with van der Waals surface area (Å²) in [5, 5.41) is 8.30. The maximum atomic E-state index is 12.9. The molecule has 0 aliphatic heterocycles. The summed E-state index contributed by atoms with van der Waals surface area (Å²) in [5.74, 6) is -0.299. The van der Waals surface area contributed by atoms with Crippen LogP contribution in [0.5, 0.6) is 0 Å². The van der Waals surface area contributed by atoms with Gasteiger partial charge in [0.05, 0.1) is 21.2 Å². The zero-order valence-electron chi connectivity index (χ0n) is 16.6. The van der Waals surface area contributed by atoms with Crippen molar-refractivity contribution in [3.8, 4) is 5.69 Å². The molecular formula is C21H20N4O3S2. The second kappa shape index (κ2) is 7.67. The van der Waals surface area contributed by atoms with Gasteiger partial charge in [0.25, 0.3) is 5.91 Å². The van der Waals surface area contributed by atoms with Gasteiger partial charge in [-0.2, -0.15) is 5.10 Å². The normalized spacial score (nSPS) is 11.7. The van der Waals surface area contributed by atoms with Crippen LogP contribution in [-0.4, -0.2) is 31.2 Å². The number of para-hydroxylation sites is 1. The van der Waals surface area contributed by atoms with E-state index < -0.39 is 10.0 Å². The minimum absolute atomic E-state index is 0.134. The summed E-state index contributed by atoms with van der Waals surface area (Å²) < 4.78 is 28.5. The quantitative estimate of drug-likeness (QED) is 0.493. The molecule has 0 spiro atoms. The second-order valence-electron chi connectivity index (χ2n) is 6.80. The summed E-state index contributed by atoms with van der Waals surface area (Å²) in [4.78, 5) is 14.4. The highest BCUT2D eigenvalue weighted by molar-refractivity contribution is 7.89. The van der Waals surface area contributed by atoms with E-state index in [-0.39, 0.29) is 10.8 Å². The zero-order chi connectivity index (χ0) is 21.5. The number of aryl methyl sites for hydroxylation is 2. The molecule has 0 saturated carbocycles.